The Kier molecular flexibility index (Phi) is 5.90. The average Bonchev–Trinajstić information content (AvgIpc) is 3.55. The van der Waals surface area contributed by atoms with Crippen LogP contribution < -0.4 is 5.32 Å². The molecule has 8 heteroatoms. The number of hydrogen-bond donors (Lipinski definition) is 1. The highest BCUT2D eigenvalue weighted by atomic mass is 32.1. The van der Waals surface area contributed by atoms with E-state index >= 15 is 0 Å². The molecule has 0 radical (unpaired) electrons. The summed E-state index contributed by atoms with van der Waals surface area (Å²) in [5, 5.41) is 9.87. The van der Waals surface area contributed by atoms with Gasteiger partial charge in [-0.15, -0.1) is 0 Å². The van der Waals surface area contributed by atoms with Crippen molar-refractivity contribution in [2.75, 3.05) is 20.6 Å². The van der Waals surface area contributed by atoms with Crippen LogP contribution in [0.3, 0.4) is 0 Å². The van der Waals surface area contributed by atoms with Crippen LogP contribution in [0.15, 0.2) is 79.3 Å². The van der Waals surface area contributed by atoms with Crippen LogP contribution in [0.1, 0.15) is 17.7 Å². The van der Waals surface area contributed by atoms with Crippen LogP contribution in [-0.2, 0) is 11.3 Å². The minimum absolute atomic E-state index is 0.208. The Bertz CT molecular complexity index is 1700. The first kappa shape index (κ1) is 23.3. The Morgan fingerprint density at radius 3 is 2.46 bits per heavy atom. The van der Waals surface area contributed by atoms with Gasteiger partial charge in [0.05, 0.1) is 34.1 Å². The lowest BCUT2D eigenvalue weighted by Crippen LogP contribution is -2.21. The molecule has 37 heavy (non-hydrogen) atoms. The number of benzene rings is 2. The SMILES string of the molecule is CN(C)CCCn1nc(C2=C(c3cn(-c4cccnc4)c4ccccc34)C(=O)NC2=S)c2ccccc21. The summed E-state index contributed by atoms with van der Waals surface area (Å²) in [5.74, 6) is -0.208. The molecule has 4 heterocycles. The fraction of sp³-hybridized carbons (Fsp3) is 0.172. The number of carbonyl (C=O) groups excluding carboxylic acids is 1. The van der Waals surface area contributed by atoms with Gasteiger partial charge >= 0.3 is 0 Å². The van der Waals surface area contributed by atoms with E-state index in [9.17, 15) is 4.79 Å². The molecular weight excluding hydrogens is 480 g/mol. The molecule has 0 saturated heterocycles. The number of pyridine rings is 1. The summed E-state index contributed by atoms with van der Waals surface area (Å²) in [6, 6.07) is 20.1. The highest BCUT2D eigenvalue weighted by molar-refractivity contribution is 7.81. The lowest BCUT2D eigenvalue weighted by atomic mass is 9.98. The van der Waals surface area contributed by atoms with Gasteiger partial charge in [0.1, 0.15) is 10.7 Å². The number of fused-ring (bicyclic) bond motifs is 2. The molecule has 184 valence electrons. The molecule has 1 amide bonds. The van der Waals surface area contributed by atoms with Crippen LogP contribution in [-0.4, -0.2) is 55.8 Å². The zero-order valence-electron chi connectivity index (χ0n) is 20.7. The maximum Gasteiger partial charge on any atom is 0.257 e. The van der Waals surface area contributed by atoms with Crippen molar-refractivity contribution >= 4 is 56.1 Å². The topological polar surface area (TPSA) is 68.0 Å². The number of nitrogens with one attached hydrogen (secondary N) is 1. The number of aromatic nitrogens is 4. The van der Waals surface area contributed by atoms with Gasteiger partial charge in [-0.3, -0.25) is 14.5 Å². The van der Waals surface area contributed by atoms with E-state index in [1.54, 1.807) is 6.20 Å². The molecule has 1 aliphatic rings. The van der Waals surface area contributed by atoms with Crippen LogP contribution in [0, 0.1) is 0 Å². The molecule has 0 spiro atoms. The Labute approximate surface area is 220 Å². The zero-order chi connectivity index (χ0) is 25.5. The monoisotopic (exact) mass is 506 g/mol. The van der Waals surface area contributed by atoms with Crippen molar-refractivity contribution in [2.45, 2.75) is 13.0 Å². The summed E-state index contributed by atoms with van der Waals surface area (Å²) in [6.45, 7) is 1.74. The van der Waals surface area contributed by atoms with E-state index in [0.717, 1.165) is 58.3 Å². The third-order valence-corrected chi connectivity index (χ3v) is 7.01. The van der Waals surface area contributed by atoms with Gasteiger partial charge in [0.2, 0.25) is 0 Å². The summed E-state index contributed by atoms with van der Waals surface area (Å²) < 4.78 is 4.10. The predicted molar refractivity (Wildman–Crippen MR) is 152 cm³/mol. The molecule has 0 unspecified atom stereocenters. The molecule has 2 aromatic carbocycles. The number of para-hydroxylation sites is 2. The first-order valence-electron chi connectivity index (χ1n) is 12.2. The second kappa shape index (κ2) is 9.38. The smallest absolute Gasteiger partial charge is 0.257 e. The van der Waals surface area contributed by atoms with E-state index in [2.05, 4.69) is 46.0 Å². The van der Waals surface area contributed by atoms with Crippen molar-refractivity contribution in [3.8, 4) is 5.69 Å². The fourth-order valence-electron chi connectivity index (χ4n) is 5.05. The van der Waals surface area contributed by atoms with Gasteiger partial charge in [0.15, 0.2) is 0 Å². The number of carbonyl (C=O) groups is 1. The second-order valence-electron chi connectivity index (χ2n) is 9.42. The van der Waals surface area contributed by atoms with E-state index in [1.165, 1.54) is 0 Å². The first-order chi connectivity index (χ1) is 18.0. The number of rotatable bonds is 7. The van der Waals surface area contributed by atoms with Crippen LogP contribution in [0.4, 0.5) is 0 Å². The van der Waals surface area contributed by atoms with E-state index in [1.807, 2.05) is 65.6 Å². The number of amides is 1. The Morgan fingerprint density at radius 2 is 1.70 bits per heavy atom. The number of hydrogen-bond acceptors (Lipinski definition) is 5. The van der Waals surface area contributed by atoms with Crippen LogP contribution in [0.2, 0.25) is 0 Å². The molecule has 5 aromatic rings. The third kappa shape index (κ3) is 4.04. The van der Waals surface area contributed by atoms with Crippen molar-refractivity contribution < 1.29 is 4.79 Å². The lowest BCUT2D eigenvalue weighted by Gasteiger charge is -2.09. The van der Waals surface area contributed by atoms with E-state index < -0.39 is 0 Å². The molecule has 0 fully saturated rings. The molecule has 1 aliphatic heterocycles. The van der Waals surface area contributed by atoms with Gasteiger partial charge < -0.3 is 14.8 Å². The van der Waals surface area contributed by atoms with Gasteiger partial charge in [-0.05, 0) is 51.3 Å². The molecule has 0 saturated carbocycles. The van der Waals surface area contributed by atoms with Crippen LogP contribution >= 0.6 is 12.2 Å². The van der Waals surface area contributed by atoms with Crippen molar-refractivity contribution in [1.29, 1.82) is 0 Å². The standard InChI is InChI=1S/C29H26N6OS/c1-33(2)15-8-16-35-24-13-6-4-11-21(24)27(32-35)26-25(28(36)31-29(26)37)22-18-34(19-9-7-14-30-17-19)23-12-5-3-10-20(22)23/h3-7,9-14,17-18H,8,15-16H2,1-2H3,(H,31,36,37). The van der Waals surface area contributed by atoms with Crippen molar-refractivity contribution in [2.24, 2.45) is 0 Å². The summed E-state index contributed by atoms with van der Waals surface area (Å²) in [4.78, 5) is 20.3. The molecule has 0 atom stereocenters. The molecule has 1 N–H and O–H groups in total. The highest BCUT2D eigenvalue weighted by Gasteiger charge is 2.34. The highest BCUT2D eigenvalue weighted by Crippen LogP contribution is 2.39. The number of aryl methyl sites for hydroxylation is 1. The first-order valence-corrected chi connectivity index (χ1v) is 12.6. The quantitative estimate of drug-likeness (QED) is 0.324. The fourth-order valence-corrected chi connectivity index (χ4v) is 5.34. The Balaban J connectivity index is 1.57. The summed E-state index contributed by atoms with van der Waals surface area (Å²) >= 11 is 5.73. The maximum absolute atomic E-state index is 13.4. The Morgan fingerprint density at radius 1 is 0.946 bits per heavy atom. The largest absolute Gasteiger partial charge is 0.314 e. The Hall–Kier alpha value is -4.14. The van der Waals surface area contributed by atoms with E-state index in [0.29, 0.717) is 16.1 Å². The molecule has 0 aliphatic carbocycles. The van der Waals surface area contributed by atoms with Gasteiger partial charge in [0.25, 0.3) is 5.91 Å². The van der Waals surface area contributed by atoms with E-state index in [-0.39, 0.29) is 5.91 Å². The number of thiocarbonyl (C=S) groups is 1. The second-order valence-corrected chi connectivity index (χ2v) is 9.83. The van der Waals surface area contributed by atoms with Gasteiger partial charge in [-0.2, -0.15) is 5.10 Å². The average molecular weight is 507 g/mol. The van der Waals surface area contributed by atoms with Crippen LogP contribution in [0.25, 0.3) is 38.6 Å². The minimum atomic E-state index is -0.208. The minimum Gasteiger partial charge on any atom is -0.314 e. The third-order valence-electron chi connectivity index (χ3n) is 6.71. The zero-order valence-corrected chi connectivity index (χ0v) is 21.5. The summed E-state index contributed by atoms with van der Waals surface area (Å²) in [7, 11) is 4.14. The lowest BCUT2D eigenvalue weighted by molar-refractivity contribution is -0.114. The van der Waals surface area contributed by atoms with Crippen molar-refractivity contribution in [3.63, 3.8) is 0 Å². The van der Waals surface area contributed by atoms with E-state index in [4.69, 9.17) is 17.3 Å². The molecule has 6 rings (SSSR count). The summed E-state index contributed by atoms with van der Waals surface area (Å²) in [5.41, 5.74) is 5.72. The normalized spacial score (nSPS) is 13.9. The van der Waals surface area contributed by atoms with Gasteiger partial charge in [0, 0.05) is 35.3 Å². The summed E-state index contributed by atoms with van der Waals surface area (Å²) in [6.07, 6.45) is 6.53. The number of nitrogens with zero attached hydrogens (tertiary/aromatic N) is 5. The van der Waals surface area contributed by atoms with Gasteiger partial charge in [-0.1, -0.05) is 48.6 Å². The molecule has 7 nitrogen and oxygen atoms in total. The van der Waals surface area contributed by atoms with Gasteiger partial charge in [-0.25, -0.2) is 0 Å². The van der Waals surface area contributed by atoms with Crippen molar-refractivity contribution in [1.82, 2.24) is 29.5 Å². The maximum atomic E-state index is 13.4. The predicted octanol–water partition coefficient (Wildman–Crippen LogP) is 4.69. The molecule has 3 aromatic heterocycles. The molecular formula is C29H26N6OS. The van der Waals surface area contributed by atoms with Crippen LogP contribution in [0.5, 0.6) is 0 Å². The molecule has 0 bridgehead atoms. The van der Waals surface area contributed by atoms with Crippen molar-refractivity contribution in [3.05, 3.63) is 90.5 Å².